The molecule has 0 atom stereocenters. The van der Waals surface area contributed by atoms with Crippen LogP contribution in [0.25, 0.3) is 44.3 Å². The quantitative estimate of drug-likeness (QED) is 0.0929. The van der Waals surface area contributed by atoms with Crippen LogP contribution in [0.3, 0.4) is 0 Å². The topological polar surface area (TPSA) is 157 Å². The maximum atomic E-state index is 12.0. The number of hydrogen-bond donors (Lipinski definition) is 1. The fourth-order valence-electron chi connectivity index (χ4n) is 4.56. The van der Waals surface area contributed by atoms with Gasteiger partial charge in [0.05, 0.1) is 41.0 Å². The summed E-state index contributed by atoms with van der Waals surface area (Å²) in [6.45, 7) is 12.7. The third-order valence-electron chi connectivity index (χ3n) is 7.30. The Bertz CT molecular complexity index is 2190. The van der Waals surface area contributed by atoms with Gasteiger partial charge in [-0.05, 0) is 123 Å². The molecule has 1 N–H and O–H groups in total. The largest absolute Gasteiger partial charge is 0.444 e. The highest BCUT2D eigenvalue weighted by Gasteiger charge is 2.20. The van der Waals surface area contributed by atoms with Crippen LogP contribution in [0.15, 0.2) is 73.6 Å². The summed E-state index contributed by atoms with van der Waals surface area (Å²) in [7, 11) is 3.38. The second-order valence-electron chi connectivity index (χ2n) is 14.3. The van der Waals surface area contributed by atoms with Crippen molar-refractivity contribution in [2.75, 3.05) is 33.1 Å². The first-order valence-corrected chi connectivity index (χ1v) is 19.9. The Balaban J connectivity index is 0.000000246. The molecular formula is C39H49ClI2N10O4. The van der Waals surface area contributed by atoms with Crippen LogP contribution in [0.1, 0.15) is 49.0 Å². The van der Waals surface area contributed by atoms with Gasteiger partial charge in [0, 0.05) is 80.1 Å². The molecule has 0 bridgehead atoms. The number of carbonyl (C=O) groups is 2. The molecule has 0 aromatic carbocycles. The van der Waals surface area contributed by atoms with Crippen molar-refractivity contribution in [2.24, 2.45) is 0 Å². The highest BCUT2D eigenvalue weighted by atomic mass is 127. The third kappa shape index (κ3) is 14.7. The average Bonchev–Trinajstić information content (AvgIpc) is 3.83. The minimum Gasteiger partial charge on any atom is -0.444 e. The predicted molar refractivity (Wildman–Crippen MR) is 238 cm³/mol. The summed E-state index contributed by atoms with van der Waals surface area (Å²) < 4.78 is 14.1. The number of fused-ring (bicyclic) bond motifs is 2. The number of H-pyrrole nitrogens is 1. The number of halogens is 3. The number of alkyl halides is 1. The Kier molecular flexibility index (Phi) is 17.2. The zero-order valence-electron chi connectivity index (χ0n) is 32.0. The number of rotatable bonds is 7. The molecule has 0 radical (unpaired) electrons. The summed E-state index contributed by atoms with van der Waals surface area (Å²) in [6.07, 6.45) is 10.3. The van der Waals surface area contributed by atoms with E-state index in [0.717, 1.165) is 51.7 Å². The normalized spacial score (nSPS) is 11.1. The Morgan fingerprint density at radius 3 is 1.70 bits per heavy atom. The molecule has 6 rings (SSSR count). The van der Waals surface area contributed by atoms with E-state index in [2.05, 4.69) is 80.4 Å². The van der Waals surface area contributed by atoms with Crippen LogP contribution in [0, 0.1) is 7.40 Å². The van der Waals surface area contributed by atoms with E-state index in [0.29, 0.717) is 25.5 Å². The molecule has 0 saturated carbocycles. The lowest BCUT2D eigenvalue weighted by Gasteiger charge is -2.24. The first kappa shape index (κ1) is 46.2. The van der Waals surface area contributed by atoms with E-state index in [1.807, 2.05) is 107 Å². The highest BCUT2D eigenvalue weighted by Crippen LogP contribution is 2.23. The van der Waals surface area contributed by atoms with Crippen LogP contribution < -0.4 is 0 Å². The van der Waals surface area contributed by atoms with Crippen LogP contribution in [-0.2, 0) is 16.0 Å². The number of hydrogen-bond acceptors (Lipinski definition) is 10. The summed E-state index contributed by atoms with van der Waals surface area (Å²) >= 11 is 9.85. The average molecular weight is 1010 g/mol. The molecule has 0 fully saturated rings. The van der Waals surface area contributed by atoms with Gasteiger partial charge in [0.1, 0.15) is 18.6 Å². The van der Waals surface area contributed by atoms with E-state index >= 15 is 0 Å². The monoisotopic (exact) mass is 1010 g/mol. The molecule has 300 valence electrons. The number of ether oxygens (including phenoxy) is 2. The van der Waals surface area contributed by atoms with Crippen molar-refractivity contribution >= 4 is 91.0 Å². The van der Waals surface area contributed by atoms with E-state index in [4.69, 9.17) is 21.1 Å². The van der Waals surface area contributed by atoms with Gasteiger partial charge in [0.25, 0.3) is 0 Å². The second-order valence-corrected chi connectivity index (χ2v) is 16.9. The van der Waals surface area contributed by atoms with Gasteiger partial charge >= 0.3 is 12.2 Å². The van der Waals surface area contributed by atoms with Crippen molar-refractivity contribution in [1.82, 2.24) is 49.7 Å². The van der Waals surface area contributed by atoms with E-state index in [1.165, 1.54) is 4.90 Å². The number of aromatic amines is 1. The molecule has 6 heterocycles. The fourth-order valence-corrected chi connectivity index (χ4v) is 5.70. The Hall–Kier alpha value is -4.17. The van der Waals surface area contributed by atoms with Crippen molar-refractivity contribution in [1.29, 1.82) is 0 Å². The van der Waals surface area contributed by atoms with Crippen LogP contribution in [0.2, 0.25) is 0 Å². The number of likely N-dealkylation sites (N-methyl/N-ethyl adjacent to an activating group) is 1. The van der Waals surface area contributed by atoms with Gasteiger partial charge < -0.3 is 19.3 Å². The minimum absolute atomic E-state index is 0. The third-order valence-corrected chi connectivity index (χ3v) is 8.67. The van der Waals surface area contributed by atoms with E-state index in [1.54, 1.807) is 31.4 Å². The molecule has 17 heteroatoms. The summed E-state index contributed by atoms with van der Waals surface area (Å²) in [5.41, 5.74) is 6.58. The molecule has 2 amide bonds. The standard InChI is InChI=1S/C19H22IN5O2.C11H7IN4.C8H16ClNO2.CH4/c1-19(2,3)27-18(26)24(4)7-8-25-12-14(11-22-25)13-9-16-15(21-10-13)5-6-17(20)23-16;12-11-2-1-9-10(16-11)3-7(4-13-9)8-5-14-15-6-8;1-8(2,3)12-7(11)10(4)6-5-9;/h5-6,9-12H,7-8H2,1-4H3;1-6H,(H,14,15);5-6H2,1-4H3;1H4. The van der Waals surface area contributed by atoms with Gasteiger partial charge in [-0.2, -0.15) is 10.2 Å². The van der Waals surface area contributed by atoms with E-state index < -0.39 is 11.2 Å². The molecule has 0 aliphatic rings. The van der Waals surface area contributed by atoms with Crippen LogP contribution in [0.5, 0.6) is 0 Å². The minimum atomic E-state index is -0.501. The predicted octanol–water partition coefficient (Wildman–Crippen LogP) is 9.32. The number of amides is 2. The Labute approximate surface area is 360 Å². The summed E-state index contributed by atoms with van der Waals surface area (Å²) in [4.78, 5) is 44.0. The summed E-state index contributed by atoms with van der Waals surface area (Å²) in [6, 6.07) is 11.9. The SMILES string of the molecule is C.CN(CCCl)C(=O)OC(C)(C)C.CN(CCn1cc(-c2cnc3ccc(I)nc3c2)cn1)C(=O)OC(C)(C)C.Ic1ccc2ncc(-c3cn[nH]c3)cc2n1. The maximum Gasteiger partial charge on any atom is 0.410 e. The molecule has 0 aliphatic carbocycles. The molecule has 56 heavy (non-hydrogen) atoms. The van der Waals surface area contributed by atoms with Crippen molar-refractivity contribution in [3.8, 4) is 22.3 Å². The zero-order valence-corrected chi connectivity index (χ0v) is 37.1. The van der Waals surface area contributed by atoms with Crippen molar-refractivity contribution in [2.45, 2.75) is 66.7 Å². The molecular weight excluding hydrogens is 962 g/mol. The fraction of sp³-hybridized carbons (Fsp3) is 0.385. The summed E-state index contributed by atoms with van der Waals surface area (Å²) in [5.74, 6) is 0.426. The first-order valence-electron chi connectivity index (χ1n) is 17.2. The number of aromatic nitrogens is 8. The Morgan fingerprint density at radius 1 is 0.732 bits per heavy atom. The zero-order chi connectivity index (χ0) is 40.3. The number of carbonyl (C=O) groups excluding carboxylic acids is 2. The van der Waals surface area contributed by atoms with Crippen LogP contribution in [0.4, 0.5) is 9.59 Å². The lowest BCUT2D eigenvalue weighted by Crippen LogP contribution is -2.35. The molecule has 6 aromatic rings. The number of nitrogens with one attached hydrogen (secondary N) is 1. The van der Waals surface area contributed by atoms with E-state index in [-0.39, 0.29) is 19.6 Å². The van der Waals surface area contributed by atoms with Gasteiger partial charge in [-0.1, -0.05) is 7.43 Å². The van der Waals surface area contributed by atoms with E-state index in [9.17, 15) is 9.59 Å². The van der Waals surface area contributed by atoms with Gasteiger partial charge in [-0.3, -0.25) is 19.7 Å². The molecule has 0 aliphatic heterocycles. The first-order chi connectivity index (χ1) is 25.9. The molecule has 14 nitrogen and oxygen atoms in total. The van der Waals surface area contributed by atoms with Crippen molar-refractivity contribution in [3.05, 3.63) is 81.0 Å². The lowest BCUT2D eigenvalue weighted by molar-refractivity contribution is 0.0287. The lowest BCUT2D eigenvalue weighted by atomic mass is 10.1. The maximum absolute atomic E-state index is 12.0. The van der Waals surface area contributed by atoms with Crippen LogP contribution in [-0.4, -0.2) is 106 Å². The molecule has 0 spiro atoms. The Morgan fingerprint density at radius 2 is 1.23 bits per heavy atom. The van der Waals surface area contributed by atoms with Crippen LogP contribution >= 0.6 is 56.8 Å². The molecule has 0 saturated heterocycles. The molecule has 0 unspecified atom stereocenters. The number of pyridine rings is 4. The number of nitrogens with zero attached hydrogens (tertiary/aromatic N) is 9. The molecule has 6 aromatic heterocycles. The van der Waals surface area contributed by atoms with Crippen molar-refractivity contribution in [3.63, 3.8) is 0 Å². The van der Waals surface area contributed by atoms with Gasteiger partial charge in [-0.15, -0.1) is 11.6 Å². The van der Waals surface area contributed by atoms with Crippen molar-refractivity contribution < 1.29 is 19.1 Å². The smallest absolute Gasteiger partial charge is 0.410 e. The van der Waals surface area contributed by atoms with Gasteiger partial charge in [0.15, 0.2) is 0 Å². The van der Waals surface area contributed by atoms with Gasteiger partial charge in [-0.25, -0.2) is 19.6 Å². The highest BCUT2D eigenvalue weighted by molar-refractivity contribution is 14.1. The second kappa shape index (κ2) is 20.8. The summed E-state index contributed by atoms with van der Waals surface area (Å²) in [5, 5.41) is 11.1. The van der Waals surface area contributed by atoms with Gasteiger partial charge in [0.2, 0.25) is 0 Å².